The highest BCUT2D eigenvalue weighted by molar-refractivity contribution is 7.89. The summed E-state index contributed by atoms with van der Waals surface area (Å²) in [7, 11) is -3.44. The zero-order valence-electron chi connectivity index (χ0n) is 17.9. The molecule has 6 heteroatoms. The van der Waals surface area contributed by atoms with Gasteiger partial charge in [-0.25, -0.2) is 8.42 Å². The number of nitrogens with zero attached hydrogens (tertiary/aromatic N) is 2. The second kappa shape index (κ2) is 8.86. The number of aryl methyl sites for hydroxylation is 1. The summed E-state index contributed by atoms with van der Waals surface area (Å²) in [5.74, 6) is 0.880. The molecule has 0 unspecified atom stereocenters. The summed E-state index contributed by atoms with van der Waals surface area (Å²) in [6.45, 7) is 12.3. The van der Waals surface area contributed by atoms with Crippen LogP contribution in [-0.4, -0.2) is 57.0 Å². The lowest BCUT2D eigenvalue weighted by atomic mass is 9.87. The molecular formula is C23H32N2O3S. The maximum absolute atomic E-state index is 13.0. The van der Waals surface area contributed by atoms with Crippen molar-refractivity contribution in [3.05, 3.63) is 59.7 Å². The molecule has 0 bridgehead atoms. The molecule has 1 fully saturated rings. The SMILES string of the molecule is Cc1cccc(OCCN2CCN(S(=O)(=O)c3ccc(C(C)(C)C)cc3)CC2)c1. The van der Waals surface area contributed by atoms with Crippen LogP contribution in [0.25, 0.3) is 0 Å². The van der Waals surface area contributed by atoms with Crippen LogP contribution in [0, 0.1) is 6.92 Å². The number of hydrogen-bond donors (Lipinski definition) is 0. The second-order valence-electron chi connectivity index (χ2n) is 8.69. The minimum absolute atomic E-state index is 0.00837. The Bertz CT molecular complexity index is 910. The molecule has 0 N–H and O–H groups in total. The molecule has 0 saturated carbocycles. The van der Waals surface area contributed by atoms with Gasteiger partial charge in [-0.1, -0.05) is 45.0 Å². The Morgan fingerprint density at radius 2 is 1.62 bits per heavy atom. The lowest BCUT2D eigenvalue weighted by molar-refractivity contribution is 0.159. The molecule has 0 aliphatic carbocycles. The molecule has 0 radical (unpaired) electrons. The third-order valence-corrected chi connectivity index (χ3v) is 7.27. The highest BCUT2D eigenvalue weighted by atomic mass is 32.2. The molecule has 1 aliphatic heterocycles. The van der Waals surface area contributed by atoms with Crippen LogP contribution in [0.2, 0.25) is 0 Å². The minimum Gasteiger partial charge on any atom is -0.492 e. The van der Waals surface area contributed by atoms with Gasteiger partial charge in [0.05, 0.1) is 4.90 Å². The first-order chi connectivity index (χ1) is 13.7. The first-order valence-corrected chi connectivity index (χ1v) is 11.6. The lowest BCUT2D eigenvalue weighted by Gasteiger charge is -2.34. The van der Waals surface area contributed by atoms with Gasteiger partial charge in [-0.15, -0.1) is 0 Å². The van der Waals surface area contributed by atoms with Crippen molar-refractivity contribution in [3.8, 4) is 5.75 Å². The van der Waals surface area contributed by atoms with Crippen LogP contribution in [-0.2, 0) is 15.4 Å². The van der Waals surface area contributed by atoms with Crippen molar-refractivity contribution in [3.63, 3.8) is 0 Å². The van der Waals surface area contributed by atoms with Crippen molar-refractivity contribution in [2.75, 3.05) is 39.3 Å². The van der Waals surface area contributed by atoms with E-state index in [2.05, 4.69) is 25.7 Å². The summed E-state index contributed by atoms with van der Waals surface area (Å²) in [6.07, 6.45) is 0. The monoisotopic (exact) mass is 416 g/mol. The molecule has 1 heterocycles. The van der Waals surface area contributed by atoms with Gasteiger partial charge in [-0.3, -0.25) is 4.90 Å². The average Bonchev–Trinajstić information content (AvgIpc) is 2.68. The molecule has 0 spiro atoms. The van der Waals surface area contributed by atoms with Gasteiger partial charge in [0.25, 0.3) is 0 Å². The molecule has 0 amide bonds. The summed E-state index contributed by atoms with van der Waals surface area (Å²) < 4.78 is 33.3. The van der Waals surface area contributed by atoms with Crippen molar-refractivity contribution in [1.29, 1.82) is 0 Å². The maximum Gasteiger partial charge on any atom is 0.243 e. The normalized spacial score (nSPS) is 16.7. The van der Waals surface area contributed by atoms with E-state index in [0.29, 0.717) is 24.6 Å². The van der Waals surface area contributed by atoms with E-state index in [1.165, 1.54) is 5.56 Å². The van der Waals surface area contributed by atoms with E-state index in [1.807, 2.05) is 43.3 Å². The van der Waals surface area contributed by atoms with Crippen LogP contribution >= 0.6 is 0 Å². The van der Waals surface area contributed by atoms with Gasteiger partial charge in [-0.05, 0) is 47.7 Å². The molecule has 2 aromatic carbocycles. The summed E-state index contributed by atoms with van der Waals surface area (Å²) in [5, 5.41) is 0. The fourth-order valence-electron chi connectivity index (χ4n) is 3.47. The topological polar surface area (TPSA) is 49.9 Å². The maximum atomic E-state index is 13.0. The number of benzene rings is 2. The highest BCUT2D eigenvalue weighted by Gasteiger charge is 2.28. The third kappa shape index (κ3) is 5.59. The van der Waals surface area contributed by atoms with E-state index in [9.17, 15) is 8.42 Å². The molecule has 1 aliphatic rings. The largest absolute Gasteiger partial charge is 0.492 e. The van der Waals surface area contributed by atoms with Crippen LogP contribution in [0.4, 0.5) is 0 Å². The average molecular weight is 417 g/mol. The van der Waals surface area contributed by atoms with E-state index < -0.39 is 10.0 Å². The molecule has 0 aromatic heterocycles. The number of piperazine rings is 1. The predicted octanol–water partition coefficient (Wildman–Crippen LogP) is 3.68. The van der Waals surface area contributed by atoms with Crippen molar-refractivity contribution < 1.29 is 13.2 Å². The zero-order valence-corrected chi connectivity index (χ0v) is 18.7. The molecule has 29 heavy (non-hydrogen) atoms. The molecule has 0 atom stereocenters. The van der Waals surface area contributed by atoms with Crippen LogP contribution in [0.15, 0.2) is 53.4 Å². The Morgan fingerprint density at radius 3 is 2.21 bits per heavy atom. The number of hydrogen-bond acceptors (Lipinski definition) is 4. The van der Waals surface area contributed by atoms with Crippen LogP contribution in [0.3, 0.4) is 0 Å². The van der Waals surface area contributed by atoms with Gasteiger partial charge < -0.3 is 4.74 Å². The van der Waals surface area contributed by atoms with Gasteiger partial charge in [0.1, 0.15) is 12.4 Å². The van der Waals surface area contributed by atoms with Gasteiger partial charge in [0, 0.05) is 32.7 Å². The Morgan fingerprint density at radius 1 is 0.966 bits per heavy atom. The molecule has 3 rings (SSSR count). The highest BCUT2D eigenvalue weighted by Crippen LogP contribution is 2.25. The van der Waals surface area contributed by atoms with E-state index in [-0.39, 0.29) is 5.41 Å². The Hall–Kier alpha value is -1.89. The zero-order chi connectivity index (χ0) is 21.1. The number of ether oxygens (including phenoxy) is 1. The molecular weight excluding hydrogens is 384 g/mol. The molecule has 158 valence electrons. The fourth-order valence-corrected chi connectivity index (χ4v) is 4.89. The smallest absolute Gasteiger partial charge is 0.243 e. The van der Waals surface area contributed by atoms with Crippen LogP contribution in [0.1, 0.15) is 31.9 Å². The van der Waals surface area contributed by atoms with Gasteiger partial charge >= 0.3 is 0 Å². The lowest BCUT2D eigenvalue weighted by Crippen LogP contribution is -2.49. The molecule has 5 nitrogen and oxygen atoms in total. The minimum atomic E-state index is -3.44. The first-order valence-electron chi connectivity index (χ1n) is 10.2. The van der Waals surface area contributed by atoms with Gasteiger partial charge in [0.2, 0.25) is 10.0 Å². The summed E-state index contributed by atoms with van der Waals surface area (Å²) >= 11 is 0. The van der Waals surface area contributed by atoms with Crippen molar-refractivity contribution in [2.45, 2.75) is 38.0 Å². The standard InChI is InChI=1S/C23H32N2O3S/c1-19-6-5-7-21(18-19)28-17-16-24-12-14-25(15-13-24)29(26,27)22-10-8-20(9-11-22)23(2,3)4/h5-11,18H,12-17H2,1-4H3. The van der Waals surface area contributed by atoms with Crippen LogP contribution < -0.4 is 4.74 Å². The summed E-state index contributed by atoms with van der Waals surface area (Å²) in [5.41, 5.74) is 2.32. The third-order valence-electron chi connectivity index (χ3n) is 5.36. The second-order valence-corrected chi connectivity index (χ2v) is 10.6. The predicted molar refractivity (Wildman–Crippen MR) is 117 cm³/mol. The fraction of sp³-hybridized carbons (Fsp3) is 0.478. The molecule has 2 aromatic rings. The van der Waals surface area contributed by atoms with Crippen molar-refractivity contribution in [1.82, 2.24) is 9.21 Å². The summed E-state index contributed by atoms with van der Waals surface area (Å²) in [4.78, 5) is 2.63. The van der Waals surface area contributed by atoms with Crippen molar-refractivity contribution in [2.24, 2.45) is 0 Å². The number of rotatable bonds is 6. The summed E-state index contributed by atoms with van der Waals surface area (Å²) in [6, 6.07) is 15.3. The van der Waals surface area contributed by atoms with E-state index >= 15 is 0 Å². The Kier molecular flexibility index (Phi) is 6.66. The van der Waals surface area contributed by atoms with E-state index in [0.717, 1.165) is 30.9 Å². The first kappa shape index (κ1) is 21.8. The van der Waals surface area contributed by atoms with Gasteiger partial charge in [-0.2, -0.15) is 4.31 Å². The van der Waals surface area contributed by atoms with E-state index in [1.54, 1.807) is 16.4 Å². The number of sulfonamides is 1. The Balaban J connectivity index is 1.51. The van der Waals surface area contributed by atoms with Crippen LogP contribution in [0.5, 0.6) is 5.75 Å². The molecule has 1 saturated heterocycles. The quantitative estimate of drug-likeness (QED) is 0.721. The Labute approximate surface area is 175 Å². The van der Waals surface area contributed by atoms with Gasteiger partial charge in [0.15, 0.2) is 0 Å². The van der Waals surface area contributed by atoms with E-state index in [4.69, 9.17) is 4.74 Å². The van der Waals surface area contributed by atoms with Crippen molar-refractivity contribution >= 4 is 10.0 Å².